The minimum absolute atomic E-state index is 0.0709. The van der Waals surface area contributed by atoms with Gasteiger partial charge < -0.3 is 0 Å². The summed E-state index contributed by atoms with van der Waals surface area (Å²) in [6.07, 6.45) is 11.6. The normalized spacial score (nSPS) is 15.2. The molecule has 30 heavy (non-hydrogen) atoms. The first-order valence-corrected chi connectivity index (χ1v) is 13.6. The van der Waals surface area contributed by atoms with E-state index in [0.717, 1.165) is 31.2 Å². The molecule has 0 aliphatic heterocycles. The Bertz CT molecular complexity index is 874. The van der Waals surface area contributed by atoms with Gasteiger partial charge in [0.25, 0.3) is 0 Å². The van der Waals surface area contributed by atoms with E-state index in [1.165, 1.54) is 60.3 Å². The van der Waals surface area contributed by atoms with Gasteiger partial charge in [-0.05, 0) is 30.2 Å². The number of carbonyl (C=O) groups is 2. The molecular weight excluding hydrogens is 408 g/mol. The van der Waals surface area contributed by atoms with Crippen LogP contribution in [0.4, 0.5) is 0 Å². The van der Waals surface area contributed by atoms with Crippen molar-refractivity contribution in [3.05, 3.63) is 42.8 Å². The van der Waals surface area contributed by atoms with Crippen molar-refractivity contribution in [3.63, 3.8) is 0 Å². The van der Waals surface area contributed by atoms with E-state index in [9.17, 15) is 9.59 Å². The molecule has 2 aromatic heterocycles. The molecule has 1 aliphatic carbocycles. The molecule has 3 rings (SSSR count). The van der Waals surface area contributed by atoms with Crippen LogP contribution >= 0.6 is 22.7 Å². The molecule has 2 atom stereocenters. The Morgan fingerprint density at radius 2 is 1.37 bits per heavy atom. The molecule has 0 bridgehead atoms. The number of fused-ring (bicyclic) bond motifs is 2. The van der Waals surface area contributed by atoms with E-state index in [1.54, 1.807) is 11.3 Å². The summed E-state index contributed by atoms with van der Waals surface area (Å²) in [5.41, 5.74) is 3.21. The first kappa shape index (κ1) is 23.4. The molecule has 2 nitrogen and oxygen atoms in total. The van der Waals surface area contributed by atoms with Gasteiger partial charge >= 0.3 is 0 Å². The van der Waals surface area contributed by atoms with Gasteiger partial charge in [0.05, 0.1) is 4.88 Å². The van der Waals surface area contributed by atoms with Gasteiger partial charge in [-0.2, -0.15) is 11.3 Å². The van der Waals surface area contributed by atoms with Crippen molar-refractivity contribution < 1.29 is 9.59 Å². The standard InChI is InChI=1S/C26H36O2S2/c1-5-9-11-17(7-3)13-19-22(14-18(8-4)12-10-6-2)30-26-23(19)24(27)20-15-29-16-21(20)25(26)28/h15-18H,5-14H2,1-4H3. The molecule has 0 fully saturated rings. The summed E-state index contributed by atoms with van der Waals surface area (Å²) in [5.74, 6) is 1.38. The summed E-state index contributed by atoms with van der Waals surface area (Å²) in [6.45, 7) is 9.03. The topological polar surface area (TPSA) is 34.1 Å². The van der Waals surface area contributed by atoms with Gasteiger partial charge in [-0.1, -0.05) is 79.1 Å². The Morgan fingerprint density at radius 1 is 0.800 bits per heavy atom. The Hall–Kier alpha value is -1.26. The van der Waals surface area contributed by atoms with Gasteiger partial charge in [0, 0.05) is 32.3 Å². The Morgan fingerprint density at radius 3 is 1.93 bits per heavy atom. The predicted octanol–water partition coefficient (Wildman–Crippen LogP) is 8.10. The van der Waals surface area contributed by atoms with Crippen molar-refractivity contribution in [2.45, 2.75) is 91.9 Å². The van der Waals surface area contributed by atoms with Crippen molar-refractivity contribution in [2.24, 2.45) is 11.8 Å². The minimum atomic E-state index is 0.0709. The van der Waals surface area contributed by atoms with E-state index < -0.39 is 0 Å². The van der Waals surface area contributed by atoms with Crippen LogP contribution in [0.1, 0.15) is 121 Å². The maximum absolute atomic E-state index is 13.4. The zero-order valence-electron chi connectivity index (χ0n) is 19.0. The van der Waals surface area contributed by atoms with Gasteiger partial charge in [0.15, 0.2) is 5.78 Å². The SMILES string of the molecule is CCCCC(CC)Cc1sc2c(c1CC(CC)CCCC)C(=O)c1cscc1C2=O. The molecule has 1 aliphatic rings. The number of unbranched alkanes of at least 4 members (excludes halogenated alkanes) is 2. The van der Waals surface area contributed by atoms with Crippen LogP contribution < -0.4 is 0 Å². The first-order valence-electron chi connectivity index (χ1n) is 11.9. The molecule has 2 aromatic rings. The van der Waals surface area contributed by atoms with Gasteiger partial charge in [0.2, 0.25) is 5.78 Å². The summed E-state index contributed by atoms with van der Waals surface area (Å²) in [4.78, 5) is 28.6. The summed E-state index contributed by atoms with van der Waals surface area (Å²) in [5, 5.41) is 3.72. The minimum Gasteiger partial charge on any atom is -0.288 e. The lowest BCUT2D eigenvalue weighted by atomic mass is 9.83. The maximum atomic E-state index is 13.4. The van der Waals surface area contributed by atoms with Crippen molar-refractivity contribution in [3.8, 4) is 0 Å². The summed E-state index contributed by atoms with van der Waals surface area (Å²) in [7, 11) is 0. The van der Waals surface area contributed by atoms with Crippen LogP contribution in [-0.2, 0) is 12.8 Å². The second-order valence-corrected chi connectivity index (χ2v) is 10.7. The summed E-state index contributed by atoms with van der Waals surface area (Å²) < 4.78 is 0. The molecule has 4 heteroatoms. The quantitative estimate of drug-likeness (QED) is 0.283. The lowest BCUT2D eigenvalue weighted by molar-refractivity contribution is 0.0982. The third kappa shape index (κ3) is 4.80. The second-order valence-electron chi connectivity index (χ2n) is 8.81. The number of hydrogen-bond acceptors (Lipinski definition) is 4. The van der Waals surface area contributed by atoms with E-state index in [1.807, 2.05) is 10.8 Å². The van der Waals surface area contributed by atoms with E-state index in [0.29, 0.717) is 27.8 Å². The monoisotopic (exact) mass is 444 g/mol. The second kappa shape index (κ2) is 10.9. The molecule has 0 spiro atoms. The fraction of sp³-hybridized carbons (Fsp3) is 0.615. The highest BCUT2D eigenvalue weighted by Crippen LogP contribution is 2.41. The highest BCUT2D eigenvalue weighted by Gasteiger charge is 2.36. The number of rotatable bonds is 12. The van der Waals surface area contributed by atoms with Gasteiger partial charge in [-0.25, -0.2) is 0 Å². The number of hydrogen-bond donors (Lipinski definition) is 0. The van der Waals surface area contributed by atoms with E-state index in [2.05, 4.69) is 27.7 Å². The molecule has 164 valence electrons. The van der Waals surface area contributed by atoms with Crippen LogP contribution in [0.3, 0.4) is 0 Å². The lowest BCUT2D eigenvalue weighted by Crippen LogP contribution is -2.19. The Kier molecular flexibility index (Phi) is 8.47. The molecule has 2 unspecified atom stereocenters. The van der Waals surface area contributed by atoms with Crippen LogP contribution in [0.2, 0.25) is 0 Å². The zero-order valence-corrected chi connectivity index (χ0v) is 20.6. The van der Waals surface area contributed by atoms with Gasteiger partial charge in [-0.3, -0.25) is 9.59 Å². The third-order valence-corrected chi connectivity index (χ3v) is 8.73. The lowest BCUT2D eigenvalue weighted by Gasteiger charge is -2.19. The van der Waals surface area contributed by atoms with Crippen LogP contribution in [0.5, 0.6) is 0 Å². The van der Waals surface area contributed by atoms with Gasteiger partial charge in [-0.15, -0.1) is 11.3 Å². The predicted molar refractivity (Wildman–Crippen MR) is 130 cm³/mol. The molecule has 0 saturated carbocycles. The van der Waals surface area contributed by atoms with Crippen LogP contribution in [0.15, 0.2) is 10.8 Å². The smallest absolute Gasteiger partial charge is 0.205 e. The fourth-order valence-electron chi connectivity index (χ4n) is 4.64. The molecule has 0 amide bonds. The summed E-state index contributed by atoms with van der Waals surface area (Å²) in [6, 6.07) is 0. The number of ketones is 2. The third-order valence-electron chi connectivity index (χ3n) is 6.73. The maximum Gasteiger partial charge on any atom is 0.205 e. The molecule has 0 saturated heterocycles. The van der Waals surface area contributed by atoms with E-state index in [4.69, 9.17) is 0 Å². The largest absolute Gasteiger partial charge is 0.288 e. The van der Waals surface area contributed by atoms with Crippen molar-refractivity contribution in [2.75, 3.05) is 0 Å². The van der Waals surface area contributed by atoms with E-state index >= 15 is 0 Å². The highest BCUT2D eigenvalue weighted by atomic mass is 32.1. The molecule has 2 heterocycles. The van der Waals surface area contributed by atoms with Crippen LogP contribution in [0, 0.1) is 11.8 Å². The number of thiophene rings is 2. The number of carbonyl (C=O) groups excluding carboxylic acids is 2. The molecule has 0 radical (unpaired) electrons. The van der Waals surface area contributed by atoms with E-state index in [-0.39, 0.29) is 11.6 Å². The summed E-state index contributed by atoms with van der Waals surface area (Å²) >= 11 is 3.09. The van der Waals surface area contributed by atoms with Crippen LogP contribution in [-0.4, -0.2) is 11.6 Å². The first-order chi connectivity index (χ1) is 14.5. The van der Waals surface area contributed by atoms with Crippen molar-refractivity contribution in [1.82, 2.24) is 0 Å². The Balaban J connectivity index is 2.01. The van der Waals surface area contributed by atoms with Crippen molar-refractivity contribution in [1.29, 1.82) is 0 Å². The molecular formula is C26H36O2S2. The average molecular weight is 445 g/mol. The van der Waals surface area contributed by atoms with Crippen molar-refractivity contribution >= 4 is 34.2 Å². The fourth-order valence-corrected chi connectivity index (χ4v) is 6.84. The Labute approximate surface area is 190 Å². The highest BCUT2D eigenvalue weighted by molar-refractivity contribution is 7.15. The average Bonchev–Trinajstić information content (AvgIpc) is 3.38. The molecule has 0 N–H and O–H groups in total. The van der Waals surface area contributed by atoms with Gasteiger partial charge in [0.1, 0.15) is 0 Å². The zero-order chi connectivity index (χ0) is 21.7. The van der Waals surface area contributed by atoms with Crippen LogP contribution in [0.25, 0.3) is 0 Å². The molecule has 0 aromatic carbocycles.